The second kappa shape index (κ2) is 6.02. The second-order valence-corrected chi connectivity index (χ2v) is 4.38. The van der Waals surface area contributed by atoms with Gasteiger partial charge in [-0.2, -0.15) is 0 Å². The van der Waals surface area contributed by atoms with Gasteiger partial charge in [0.1, 0.15) is 18.1 Å². The third kappa shape index (κ3) is 3.46. The smallest absolute Gasteiger partial charge is 0.270 e. The lowest BCUT2D eigenvalue weighted by Crippen LogP contribution is -2.28. The number of thiazole rings is 1. The van der Waals surface area contributed by atoms with Crippen LogP contribution in [0.3, 0.4) is 0 Å². The predicted octanol–water partition coefficient (Wildman–Crippen LogP) is 1.53. The summed E-state index contributed by atoms with van der Waals surface area (Å²) in [5.41, 5.74) is 5.79. The van der Waals surface area contributed by atoms with Gasteiger partial charge in [0.15, 0.2) is 5.13 Å². The molecule has 0 spiro atoms. The maximum Gasteiger partial charge on any atom is 0.270 e. The van der Waals surface area contributed by atoms with Crippen LogP contribution in [0.1, 0.15) is 10.5 Å². The largest absolute Gasteiger partial charge is 0.492 e. The van der Waals surface area contributed by atoms with Crippen molar-refractivity contribution in [1.82, 2.24) is 10.3 Å². The van der Waals surface area contributed by atoms with E-state index in [2.05, 4.69) is 10.3 Å². The average Bonchev–Trinajstić information content (AvgIpc) is 2.82. The van der Waals surface area contributed by atoms with Gasteiger partial charge in [0.25, 0.3) is 5.91 Å². The van der Waals surface area contributed by atoms with Crippen LogP contribution in [0.25, 0.3) is 0 Å². The lowest BCUT2D eigenvalue weighted by molar-refractivity contribution is 0.0943. The Morgan fingerprint density at radius 1 is 1.39 bits per heavy atom. The molecule has 0 saturated heterocycles. The van der Waals surface area contributed by atoms with Gasteiger partial charge in [0.2, 0.25) is 0 Å². The molecular weight excluding hydrogens is 250 g/mol. The third-order valence-corrected chi connectivity index (χ3v) is 2.83. The van der Waals surface area contributed by atoms with E-state index in [1.165, 1.54) is 11.3 Å². The van der Waals surface area contributed by atoms with Gasteiger partial charge in [0, 0.05) is 5.38 Å². The number of nitrogens with one attached hydrogen (secondary N) is 1. The summed E-state index contributed by atoms with van der Waals surface area (Å²) < 4.78 is 5.44. The number of nitrogen functional groups attached to an aromatic ring is 1. The first-order valence-corrected chi connectivity index (χ1v) is 6.31. The van der Waals surface area contributed by atoms with E-state index < -0.39 is 0 Å². The number of amides is 1. The second-order valence-electron chi connectivity index (χ2n) is 3.49. The third-order valence-electron chi connectivity index (χ3n) is 2.15. The van der Waals surface area contributed by atoms with Crippen LogP contribution >= 0.6 is 11.3 Å². The molecule has 5 nitrogen and oxygen atoms in total. The van der Waals surface area contributed by atoms with Gasteiger partial charge in [0.05, 0.1) is 6.54 Å². The van der Waals surface area contributed by atoms with E-state index in [0.717, 1.165) is 5.75 Å². The highest BCUT2D eigenvalue weighted by atomic mass is 32.1. The molecule has 0 aliphatic heterocycles. The van der Waals surface area contributed by atoms with Gasteiger partial charge < -0.3 is 15.8 Å². The van der Waals surface area contributed by atoms with Crippen LogP contribution in [-0.2, 0) is 0 Å². The number of anilines is 1. The fraction of sp³-hybridized carbons (Fsp3) is 0.167. The molecule has 0 fully saturated rings. The Kier molecular flexibility index (Phi) is 4.14. The summed E-state index contributed by atoms with van der Waals surface area (Å²) in [6, 6.07) is 9.44. The highest BCUT2D eigenvalue weighted by molar-refractivity contribution is 7.13. The van der Waals surface area contributed by atoms with Crippen LogP contribution < -0.4 is 15.8 Å². The number of rotatable bonds is 5. The molecule has 0 aliphatic rings. The summed E-state index contributed by atoms with van der Waals surface area (Å²) in [6.45, 7) is 0.834. The van der Waals surface area contributed by atoms with Crippen LogP contribution in [0.2, 0.25) is 0 Å². The number of carbonyl (C=O) groups is 1. The lowest BCUT2D eigenvalue weighted by Gasteiger charge is -2.06. The van der Waals surface area contributed by atoms with Crippen molar-refractivity contribution < 1.29 is 9.53 Å². The Morgan fingerprint density at radius 3 is 2.83 bits per heavy atom. The standard InChI is InChI=1S/C12H13N3O2S/c13-12-15-10(8-18-12)11(16)14-6-7-17-9-4-2-1-3-5-9/h1-5,8H,6-7H2,(H2,13,15)(H,14,16). The molecule has 6 heteroatoms. The number of hydrogen-bond donors (Lipinski definition) is 2. The van der Waals surface area contributed by atoms with Crippen LogP contribution in [-0.4, -0.2) is 24.0 Å². The van der Waals surface area contributed by atoms with Gasteiger partial charge >= 0.3 is 0 Å². The molecule has 0 bridgehead atoms. The number of hydrogen-bond acceptors (Lipinski definition) is 5. The number of nitrogens with two attached hydrogens (primary N) is 1. The van der Waals surface area contributed by atoms with E-state index in [1.807, 2.05) is 30.3 Å². The van der Waals surface area contributed by atoms with Crippen molar-refractivity contribution in [2.75, 3.05) is 18.9 Å². The SMILES string of the molecule is Nc1nc(C(=O)NCCOc2ccccc2)cs1. The molecule has 18 heavy (non-hydrogen) atoms. The molecule has 1 heterocycles. The van der Waals surface area contributed by atoms with Crippen molar-refractivity contribution in [3.8, 4) is 5.75 Å². The molecule has 94 valence electrons. The average molecular weight is 263 g/mol. The fourth-order valence-electron chi connectivity index (χ4n) is 1.33. The van der Waals surface area contributed by atoms with Gasteiger partial charge in [-0.1, -0.05) is 18.2 Å². The summed E-state index contributed by atoms with van der Waals surface area (Å²) in [7, 11) is 0. The molecule has 0 atom stereocenters. The first kappa shape index (κ1) is 12.4. The Labute approximate surface area is 109 Å². The van der Waals surface area contributed by atoms with E-state index in [0.29, 0.717) is 24.0 Å². The minimum absolute atomic E-state index is 0.236. The number of carbonyl (C=O) groups excluding carboxylic acids is 1. The van der Waals surface area contributed by atoms with Crippen LogP contribution in [0, 0.1) is 0 Å². The zero-order chi connectivity index (χ0) is 12.8. The van der Waals surface area contributed by atoms with Crippen molar-refractivity contribution in [1.29, 1.82) is 0 Å². The quantitative estimate of drug-likeness (QED) is 0.802. The Morgan fingerprint density at radius 2 is 2.17 bits per heavy atom. The number of para-hydroxylation sites is 1. The molecule has 0 aliphatic carbocycles. The summed E-state index contributed by atoms with van der Waals surface area (Å²) >= 11 is 1.24. The van der Waals surface area contributed by atoms with Crippen molar-refractivity contribution in [3.05, 3.63) is 41.4 Å². The zero-order valence-corrected chi connectivity index (χ0v) is 10.4. The van der Waals surface area contributed by atoms with Crippen molar-refractivity contribution >= 4 is 22.4 Å². The highest BCUT2D eigenvalue weighted by Crippen LogP contribution is 2.10. The predicted molar refractivity (Wildman–Crippen MR) is 70.8 cm³/mol. The van der Waals surface area contributed by atoms with Crippen molar-refractivity contribution in [2.24, 2.45) is 0 Å². The first-order chi connectivity index (χ1) is 8.75. The molecule has 0 radical (unpaired) electrons. The van der Waals surface area contributed by atoms with Crippen LogP contribution in [0.15, 0.2) is 35.7 Å². The monoisotopic (exact) mass is 263 g/mol. The molecule has 3 N–H and O–H groups in total. The van der Waals surface area contributed by atoms with Gasteiger partial charge in [-0.25, -0.2) is 4.98 Å². The van der Waals surface area contributed by atoms with Crippen LogP contribution in [0.4, 0.5) is 5.13 Å². The van der Waals surface area contributed by atoms with Gasteiger partial charge in [-0.3, -0.25) is 4.79 Å². The summed E-state index contributed by atoms with van der Waals surface area (Å²) in [5, 5.41) is 4.72. The van der Waals surface area contributed by atoms with E-state index >= 15 is 0 Å². The molecule has 0 unspecified atom stereocenters. The van der Waals surface area contributed by atoms with E-state index in [4.69, 9.17) is 10.5 Å². The van der Waals surface area contributed by atoms with Crippen LogP contribution in [0.5, 0.6) is 5.75 Å². The molecule has 2 rings (SSSR count). The topological polar surface area (TPSA) is 77.2 Å². The van der Waals surface area contributed by atoms with E-state index in [9.17, 15) is 4.79 Å². The molecule has 1 aromatic carbocycles. The number of benzene rings is 1. The molecule has 0 saturated carbocycles. The Bertz CT molecular complexity index is 513. The minimum Gasteiger partial charge on any atom is -0.492 e. The lowest BCUT2D eigenvalue weighted by atomic mass is 10.3. The summed E-state index contributed by atoms with van der Waals surface area (Å²) in [6.07, 6.45) is 0. The fourth-order valence-corrected chi connectivity index (χ4v) is 1.88. The highest BCUT2D eigenvalue weighted by Gasteiger charge is 2.08. The minimum atomic E-state index is -0.236. The maximum atomic E-state index is 11.6. The number of aromatic nitrogens is 1. The zero-order valence-electron chi connectivity index (χ0n) is 9.63. The number of ether oxygens (including phenoxy) is 1. The maximum absolute atomic E-state index is 11.6. The van der Waals surface area contributed by atoms with E-state index in [-0.39, 0.29) is 5.91 Å². The Balaban J connectivity index is 1.71. The molecule has 2 aromatic rings. The summed E-state index contributed by atoms with van der Waals surface area (Å²) in [4.78, 5) is 15.5. The van der Waals surface area contributed by atoms with Crippen molar-refractivity contribution in [2.45, 2.75) is 0 Å². The summed E-state index contributed by atoms with van der Waals surface area (Å²) in [5.74, 6) is 0.546. The Hall–Kier alpha value is -2.08. The molecule has 1 amide bonds. The normalized spacial score (nSPS) is 10.0. The number of nitrogens with zero attached hydrogens (tertiary/aromatic N) is 1. The van der Waals surface area contributed by atoms with E-state index in [1.54, 1.807) is 5.38 Å². The molecular formula is C12H13N3O2S. The van der Waals surface area contributed by atoms with Gasteiger partial charge in [-0.15, -0.1) is 11.3 Å². The van der Waals surface area contributed by atoms with Crippen molar-refractivity contribution in [3.63, 3.8) is 0 Å². The molecule has 1 aromatic heterocycles. The first-order valence-electron chi connectivity index (χ1n) is 5.43. The van der Waals surface area contributed by atoms with Gasteiger partial charge in [-0.05, 0) is 12.1 Å².